The molecular formula is C19H21IN2O3S. The Hall–Kier alpha value is -1.45. The molecule has 0 saturated carbocycles. The van der Waals surface area contributed by atoms with Crippen molar-refractivity contribution in [1.29, 1.82) is 0 Å². The molecule has 1 aliphatic rings. The van der Waals surface area contributed by atoms with Gasteiger partial charge in [-0.25, -0.2) is 8.42 Å². The molecular weight excluding hydrogens is 463 g/mol. The lowest BCUT2D eigenvalue weighted by atomic mass is 9.97. The molecule has 0 bridgehead atoms. The van der Waals surface area contributed by atoms with E-state index in [9.17, 15) is 13.2 Å². The van der Waals surface area contributed by atoms with Gasteiger partial charge in [0.25, 0.3) is 0 Å². The second-order valence-electron chi connectivity index (χ2n) is 6.49. The third-order valence-corrected chi connectivity index (χ3v) is 7.23. The molecule has 0 unspecified atom stereocenters. The van der Waals surface area contributed by atoms with E-state index in [0.29, 0.717) is 30.8 Å². The van der Waals surface area contributed by atoms with E-state index in [4.69, 9.17) is 0 Å². The fraction of sp³-hybridized carbons (Fsp3) is 0.316. The maximum atomic E-state index is 12.7. The monoisotopic (exact) mass is 484 g/mol. The van der Waals surface area contributed by atoms with Gasteiger partial charge >= 0.3 is 0 Å². The van der Waals surface area contributed by atoms with Crippen molar-refractivity contribution in [2.24, 2.45) is 5.92 Å². The fourth-order valence-electron chi connectivity index (χ4n) is 3.00. The first-order valence-electron chi connectivity index (χ1n) is 8.49. The molecule has 138 valence electrons. The van der Waals surface area contributed by atoms with Gasteiger partial charge < -0.3 is 5.32 Å². The lowest BCUT2D eigenvalue weighted by Gasteiger charge is -2.30. The van der Waals surface area contributed by atoms with E-state index in [2.05, 4.69) is 27.9 Å². The van der Waals surface area contributed by atoms with Gasteiger partial charge in [0.15, 0.2) is 0 Å². The van der Waals surface area contributed by atoms with Crippen LogP contribution in [0.4, 0.5) is 5.69 Å². The molecule has 0 spiro atoms. The summed E-state index contributed by atoms with van der Waals surface area (Å²) in [6.07, 6.45) is 1.06. The SMILES string of the molecule is Cc1ccc(S(=O)(=O)N2CCC(C(=O)Nc3ccc(I)cc3)CC2)cc1. The Morgan fingerprint density at radius 3 is 2.19 bits per heavy atom. The van der Waals surface area contributed by atoms with Crippen LogP contribution in [0.2, 0.25) is 0 Å². The van der Waals surface area contributed by atoms with Crippen LogP contribution in [0.1, 0.15) is 18.4 Å². The zero-order valence-corrected chi connectivity index (χ0v) is 17.5. The number of anilines is 1. The van der Waals surface area contributed by atoms with Crippen LogP contribution in [-0.2, 0) is 14.8 Å². The van der Waals surface area contributed by atoms with Crippen molar-refractivity contribution >= 4 is 44.2 Å². The molecule has 2 aromatic rings. The smallest absolute Gasteiger partial charge is 0.243 e. The second kappa shape index (κ2) is 8.06. The molecule has 7 heteroatoms. The Morgan fingerprint density at radius 2 is 1.62 bits per heavy atom. The van der Waals surface area contributed by atoms with Gasteiger partial charge in [-0.2, -0.15) is 4.31 Å². The summed E-state index contributed by atoms with van der Waals surface area (Å²) in [4.78, 5) is 12.7. The number of hydrogen-bond donors (Lipinski definition) is 1. The molecule has 1 aliphatic heterocycles. The van der Waals surface area contributed by atoms with Crippen molar-refractivity contribution in [2.45, 2.75) is 24.7 Å². The standard InChI is InChI=1S/C19H21IN2O3S/c1-14-2-8-18(9-3-14)26(24,25)22-12-10-15(11-13-22)19(23)21-17-6-4-16(20)5-7-17/h2-9,15H,10-13H2,1H3,(H,21,23). The average molecular weight is 484 g/mol. The topological polar surface area (TPSA) is 66.5 Å². The predicted molar refractivity (Wildman–Crippen MR) is 110 cm³/mol. The first-order chi connectivity index (χ1) is 12.4. The number of rotatable bonds is 4. The van der Waals surface area contributed by atoms with E-state index < -0.39 is 10.0 Å². The van der Waals surface area contributed by atoms with Crippen LogP contribution >= 0.6 is 22.6 Å². The second-order valence-corrected chi connectivity index (χ2v) is 9.67. The molecule has 1 saturated heterocycles. The molecule has 1 amide bonds. The predicted octanol–water partition coefficient (Wildman–Crippen LogP) is 3.64. The van der Waals surface area contributed by atoms with Crippen molar-refractivity contribution in [3.05, 3.63) is 57.7 Å². The van der Waals surface area contributed by atoms with E-state index in [1.807, 2.05) is 31.2 Å². The Kier molecular flexibility index (Phi) is 5.99. The summed E-state index contributed by atoms with van der Waals surface area (Å²) >= 11 is 2.21. The number of piperidine rings is 1. The van der Waals surface area contributed by atoms with Crippen LogP contribution < -0.4 is 5.32 Å². The molecule has 0 aliphatic carbocycles. The summed E-state index contributed by atoms with van der Waals surface area (Å²) in [6.45, 7) is 2.65. The third kappa shape index (κ3) is 4.44. The third-order valence-electron chi connectivity index (χ3n) is 4.60. The summed E-state index contributed by atoms with van der Waals surface area (Å²) in [5.41, 5.74) is 1.79. The van der Waals surface area contributed by atoms with E-state index in [-0.39, 0.29) is 11.8 Å². The average Bonchev–Trinajstić information content (AvgIpc) is 2.64. The van der Waals surface area contributed by atoms with Crippen LogP contribution in [0.15, 0.2) is 53.4 Å². The number of aryl methyl sites for hydroxylation is 1. The molecule has 0 atom stereocenters. The van der Waals surface area contributed by atoms with Gasteiger partial charge in [-0.3, -0.25) is 4.79 Å². The van der Waals surface area contributed by atoms with E-state index >= 15 is 0 Å². The Bertz CT molecular complexity index is 872. The highest BCUT2D eigenvalue weighted by molar-refractivity contribution is 14.1. The molecule has 1 N–H and O–H groups in total. The van der Waals surface area contributed by atoms with Crippen LogP contribution in [0.25, 0.3) is 0 Å². The largest absolute Gasteiger partial charge is 0.326 e. The molecule has 3 rings (SSSR count). The zero-order chi connectivity index (χ0) is 18.7. The summed E-state index contributed by atoms with van der Waals surface area (Å²) in [7, 11) is -3.49. The normalized spacial score (nSPS) is 16.4. The summed E-state index contributed by atoms with van der Waals surface area (Å²) in [5, 5.41) is 2.92. The number of nitrogens with zero attached hydrogens (tertiary/aromatic N) is 1. The van der Waals surface area contributed by atoms with Gasteiger partial charge in [0.1, 0.15) is 0 Å². The Morgan fingerprint density at radius 1 is 1.04 bits per heavy atom. The van der Waals surface area contributed by atoms with Gasteiger partial charge in [-0.1, -0.05) is 17.7 Å². The van der Waals surface area contributed by atoms with Gasteiger partial charge in [0.05, 0.1) is 4.90 Å². The highest BCUT2D eigenvalue weighted by Gasteiger charge is 2.32. The highest BCUT2D eigenvalue weighted by atomic mass is 127. The minimum absolute atomic E-state index is 0.0430. The van der Waals surface area contributed by atoms with E-state index in [0.717, 1.165) is 14.8 Å². The number of nitrogens with one attached hydrogen (secondary N) is 1. The number of carbonyl (C=O) groups excluding carboxylic acids is 1. The lowest BCUT2D eigenvalue weighted by Crippen LogP contribution is -2.41. The van der Waals surface area contributed by atoms with E-state index in [1.54, 1.807) is 24.3 Å². The Labute approximate surface area is 168 Å². The molecule has 2 aromatic carbocycles. The first kappa shape index (κ1) is 19.3. The van der Waals surface area contributed by atoms with Gasteiger partial charge in [0.2, 0.25) is 15.9 Å². The number of sulfonamides is 1. The molecule has 5 nitrogen and oxygen atoms in total. The van der Waals surface area contributed by atoms with Gasteiger partial charge in [-0.15, -0.1) is 0 Å². The number of amides is 1. The lowest BCUT2D eigenvalue weighted by molar-refractivity contribution is -0.120. The van der Waals surface area contributed by atoms with Crippen molar-refractivity contribution in [3.63, 3.8) is 0 Å². The maximum absolute atomic E-state index is 12.7. The van der Waals surface area contributed by atoms with Crippen molar-refractivity contribution in [3.8, 4) is 0 Å². The van der Waals surface area contributed by atoms with Crippen molar-refractivity contribution in [2.75, 3.05) is 18.4 Å². The van der Waals surface area contributed by atoms with Gasteiger partial charge in [-0.05, 0) is 78.8 Å². The minimum atomic E-state index is -3.49. The van der Waals surface area contributed by atoms with Crippen molar-refractivity contribution < 1.29 is 13.2 Å². The molecule has 0 aromatic heterocycles. The molecule has 0 radical (unpaired) electrons. The quantitative estimate of drug-likeness (QED) is 0.675. The fourth-order valence-corrected chi connectivity index (χ4v) is 4.82. The molecule has 1 fully saturated rings. The number of halogens is 1. The zero-order valence-electron chi connectivity index (χ0n) is 14.5. The summed E-state index contributed by atoms with van der Waals surface area (Å²) in [6, 6.07) is 14.5. The van der Waals surface area contributed by atoms with Crippen LogP contribution in [0, 0.1) is 16.4 Å². The van der Waals surface area contributed by atoms with E-state index in [1.165, 1.54) is 4.31 Å². The van der Waals surface area contributed by atoms with Gasteiger partial charge in [0, 0.05) is 28.3 Å². The van der Waals surface area contributed by atoms with Crippen LogP contribution in [-0.4, -0.2) is 31.7 Å². The number of benzene rings is 2. The van der Waals surface area contributed by atoms with Crippen LogP contribution in [0.5, 0.6) is 0 Å². The number of carbonyl (C=O) groups is 1. The number of hydrogen-bond acceptors (Lipinski definition) is 3. The van der Waals surface area contributed by atoms with Crippen LogP contribution in [0.3, 0.4) is 0 Å². The molecule has 1 heterocycles. The summed E-state index contributed by atoms with van der Waals surface area (Å²) < 4.78 is 28.0. The summed E-state index contributed by atoms with van der Waals surface area (Å²) in [5.74, 6) is -0.211. The molecule has 26 heavy (non-hydrogen) atoms. The first-order valence-corrected chi connectivity index (χ1v) is 11.0. The van der Waals surface area contributed by atoms with Crippen molar-refractivity contribution in [1.82, 2.24) is 4.31 Å². The minimum Gasteiger partial charge on any atom is -0.326 e. The Balaban J connectivity index is 1.60. The maximum Gasteiger partial charge on any atom is 0.243 e. The highest BCUT2D eigenvalue weighted by Crippen LogP contribution is 2.25.